The molecule has 2 rings (SSSR count). The van der Waals surface area contributed by atoms with E-state index in [0.29, 0.717) is 17.9 Å². The van der Waals surface area contributed by atoms with Crippen LogP contribution in [0.1, 0.15) is 19.8 Å². The minimum Gasteiger partial charge on any atom is -0.485 e. The van der Waals surface area contributed by atoms with Crippen molar-refractivity contribution >= 4 is 5.91 Å². The number of ether oxygens (including phenoxy) is 2. The quantitative estimate of drug-likeness (QED) is 0.836. The first-order valence-corrected chi connectivity index (χ1v) is 6.50. The summed E-state index contributed by atoms with van der Waals surface area (Å²) < 4.78 is 11.1. The van der Waals surface area contributed by atoms with Gasteiger partial charge in [0.05, 0.1) is 0 Å². The molecule has 0 radical (unpaired) electrons. The smallest absolute Gasteiger partial charge is 0.264 e. The van der Waals surface area contributed by atoms with Crippen LogP contribution in [-0.4, -0.2) is 36.4 Å². The van der Waals surface area contributed by atoms with Gasteiger partial charge in [0.1, 0.15) is 6.61 Å². The molecule has 1 aliphatic rings. The number of carbonyl (C=O) groups excluding carboxylic acids is 1. The van der Waals surface area contributed by atoms with Gasteiger partial charge in [-0.1, -0.05) is 12.1 Å². The molecule has 1 aromatic carbocycles. The number of amides is 1. The lowest BCUT2D eigenvalue weighted by atomic mass is 10.2. The second kappa shape index (κ2) is 6.43. The van der Waals surface area contributed by atoms with Gasteiger partial charge < -0.3 is 19.9 Å². The number of hydrogen-bond acceptors (Lipinski definition) is 4. The second-order valence-electron chi connectivity index (χ2n) is 4.64. The third-order valence-corrected chi connectivity index (χ3v) is 2.98. The maximum atomic E-state index is 12.0. The summed E-state index contributed by atoms with van der Waals surface area (Å²) in [5.74, 6) is 1.08. The van der Waals surface area contributed by atoms with Gasteiger partial charge in [0.2, 0.25) is 6.10 Å². The number of nitrogens with one attached hydrogen (secondary N) is 1. The monoisotopic (exact) mass is 265 g/mol. The van der Waals surface area contributed by atoms with Crippen molar-refractivity contribution in [3.63, 3.8) is 0 Å². The zero-order chi connectivity index (χ0) is 13.7. The van der Waals surface area contributed by atoms with E-state index in [1.807, 2.05) is 25.1 Å². The Kier molecular flexibility index (Phi) is 4.63. The fraction of sp³-hybridized carbons (Fsp3) is 0.500. The van der Waals surface area contributed by atoms with E-state index in [9.17, 15) is 4.79 Å². The fourth-order valence-electron chi connectivity index (χ4n) is 1.95. The van der Waals surface area contributed by atoms with Crippen LogP contribution in [0.5, 0.6) is 11.5 Å². The Morgan fingerprint density at radius 1 is 1.47 bits per heavy atom. The molecule has 2 atom stereocenters. The highest BCUT2D eigenvalue weighted by Crippen LogP contribution is 2.30. The van der Waals surface area contributed by atoms with Crippen molar-refractivity contribution in [1.82, 2.24) is 5.32 Å². The lowest BCUT2D eigenvalue weighted by Gasteiger charge is -2.26. The lowest BCUT2D eigenvalue weighted by Crippen LogP contribution is -2.46. The molecular weight excluding hydrogens is 246 g/mol. The zero-order valence-electron chi connectivity index (χ0n) is 11.0. The third-order valence-electron chi connectivity index (χ3n) is 2.98. The second-order valence-corrected chi connectivity index (χ2v) is 4.64. The number of carbonyl (C=O) groups is 1. The summed E-state index contributed by atoms with van der Waals surface area (Å²) in [5.41, 5.74) is 0. The number of hydrogen-bond donors (Lipinski definition) is 2. The highest BCUT2D eigenvalue weighted by molar-refractivity contribution is 5.82. The minimum atomic E-state index is -0.619. The number of aliphatic hydroxyl groups excluding tert-OH is 1. The fourth-order valence-corrected chi connectivity index (χ4v) is 1.95. The standard InChI is InChI=1S/C14H19NO4/c1-10(5-4-8-16)15-14(17)13-9-18-11-6-2-3-7-12(11)19-13/h2-3,6-7,10,13,16H,4-5,8-9H2,1H3,(H,15,17). The van der Waals surface area contributed by atoms with Crippen molar-refractivity contribution in [1.29, 1.82) is 0 Å². The summed E-state index contributed by atoms with van der Waals surface area (Å²) in [5, 5.41) is 11.6. The molecule has 0 spiro atoms. The number of benzene rings is 1. The largest absolute Gasteiger partial charge is 0.485 e. The van der Waals surface area contributed by atoms with Crippen LogP contribution in [0.4, 0.5) is 0 Å². The Morgan fingerprint density at radius 2 is 2.21 bits per heavy atom. The first-order chi connectivity index (χ1) is 9.20. The highest BCUT2D eigenvalue weighted by atomic mass is 16.6. The van der Waals surface area contributed by atoms with Crippen LogP contribution in [0.25, 0.3) is 0 Å². The van der Waals surface area contributed by atoms with Crippen molar-refractivity contribution < 1.29 is 19.4 Å². The molecule has 5 heteroatoms. The van der Waals surface area contributed by atoms with Gasteiger partial charge in [-0.3, -0.25) is 4.79 Å². The lowest BCUT2D eigenvalue weighted by molar-refractivity contribution is -0.131. The minimum absolute atomic E-state index is 0.0143. The molecule has 0 saturated heterocycles. The Balaban J connectivity index is 1.88. The summed E-state index contributed by atoms with van der Waals surface area (Å²) >= 11 is 0. The van der Waals surface area contributed by atoms with Crippen LogP contribution in [0.15, 0.2) is 24.3 Å². The Labute approximate surface area is 112 Å². The third kappa shape index (κ3) is 3.61. The summed E-state index contributed by atoms with van der Waals surface area (Å²) in [6.45, 7) is 2.26. The molecule has 0 fully saturated rings. The molecular formula is C14H19NO4. The van der Waals surface area contributed by atoms with Crippen molar-refractivity contribution in [3.05, 3.63) is 24.3 Å². The molecule has 104 valence electrons. The van der Waals surface area contributed by atoms with E-state index < -0.39 is 6.10 Å². The van der Waals surface area contributed by atoms with Crippen molar-refractivity contribution in [3.8, 4) is 11.5 Å². The molecule has 1 heterocycles. The topological polar surface area (TPSA) is 67.8 Å². The van der Waals surface area contributed by atoms with Gasteiger partial charge in [0.25, 0.3) is 5.91 Å². The van der Waals surface area contributed by atoms with Crippen LogP contribution < -0.4 is 14.8 Å². The molecule has 0 aliphatic carbocycles. The average Bonchev–Trinajstić information content (AvgIpc) is 2.44. The maximum Gasteiger partial charge on any atom is 0.264 e. The molecule has 0 saturated carbocycles. The molecule has 1 amide bonds. The number of aliphatic hydroxyl groups is 1. The number of fused-ring (bicyclic) bond motifs is 1. The predicted octanol–water partition coefficient (Wildman–Crippen LogP) is 1.10. The van der Waals surface area contributed by atoms with Gasteiger partial charge in [0.15, 0.2) is 11.5 Å². The van der Waals surface area contributed by atoms with Crippen molar-refractivity contribution in [2.75, 3.05) is 13.2 Å². The van der Waals surface area contributed by atoms with E-state index in [1.165, 1.54) is 0 Å². The predicted molar refractivity (Wildman–Crippen MR) is 70.3 cm³/mol. The summed E-state index contributed by atoms with van der Waals surface area (Å²) in [6, 6.07) is 7.31. The Bertz CT molecular complexity index is 435. The first kappa shape index (κ1) is 13.7. The summed E-state index contributed by atoms with van der Waals surface area (Å²) in [6.07, 6.45) is 0.796. The molecule has 1 aromatic rings. The summed E-state index contributed by atoms with van der Waals surface area (Å²) in [7, 11) is 0. The van der Waals surface area contributed by atoms with Gasteiger partial charge in [-0.25, -0.2) is 0 Å². The molecule has 19 heavy (non-hydrogen) atoms. The van der Waals surface area contributed by atoms with Gasteiger partial charge >= 0.3 is 0 Å². The molecule has 0 bridgehead atoms. The Hall–Kier alpha value is -1.75. The van der Waals surface area contributed by atoms with Crippen molar-refractivity contribution in [2.45, 2.75) is 31.9 Å². The van der Waals surface area contributed by atoms with Crippen LogP contribution >= 0.6 is 0 Å². The zero-order valence-corrected chi connectivity index (χ0v) is 11.0. The Morgan fingerprint density at radius 3 is 2.95 bits per heavy atom. The van der Waals surface area contributed by atoms with Crippen LogP contribution in [-0.2, 0) is 4.79 Å². The molecule has 5 nitrogen and oxygen atoms in total. The normalized spacial score (nSPS) is 18.7. The van der Waals surface area contributed by atoms with E-state index in [2.05, 4.69) is 5.32 Å². The van der Waals surface area contributed by atoms with E-state index in [4.69, 9.17) is 14.6 Å². The first-order valence-electron chi connectivity index (χ1n) is 6.50. The van der Waals surface area contributed by atoms with Crippen molar-refractivity contribution in [2.24, 2.45) is 0 Å². The SMILES string of the molecule is CC(CCCO)NC(=O)C1COc2ccccc2O1. The van der Waals surface area contributed by atoms with Crippen LogP contribution in [0.3, 0.4) is 0 Å². The molecule has 0 aromatic heterocycles. The van der Waals surface area contributed by atoms with Gasteiger partial charge in [-0.15, -0.1) is 0 Å². The molecule has 2 unspecified atom stereocenters. The number of para-hydroxylation sites is 2. The van der Waals surface area contributed by atoms with Crippen LogP contribution in [0, 0.1) is 0 Å². The van der Waals surface area contributed by atoms with E-state index >= 15 is 0 Å². The molecule has 1 aliphatic heterocycles. The van der Waals surface area contributed by atoms with Crippen LogP contribution in [0.2, 0.25) is 0 Å². The number of rotatable bonds is 5. The highest BCUT2D eigenvalue weighted by Gasteiger charge is 2.27. The van der Waals surface area contributed by atoms with Gasteiger partial charge in [0, 0.05) is 12.6 Å². The van der Waals surface area contributed by atoms with E-state index in [-0.39, 0.29) is 25.2 Å². The van der Waals surface area contributed by atoms with E-state index in [0.717, 1.165) is 6.42 Å². The van der Waals surface area contributed by atoms with Gasteiger partial charge in [-0.05, 0) is 31.9 Å². The maximum absolute atomic E-state index is 12.0. The molecule has 2 N–H and O–H groups in total. The average molecular weight is 265 g/mol. The summed E-state index contributed by atoms with van der Waals surface area (Å²) in [4.78, 5) is 12.0. The van der Waals surface area contributed by atoms with E-state index in [1.54, 1.807) is 6.07 Å². The van der Waals surface area contributed by atoms with Gasteiger partial charge in [-0.2, -0.15) is 0 Å².